The summed E-state index contributed by atoms with van der Waals surface area (Å²) in [6, 6.07) is -1.10. The molecule has 0 radical (unpaired) electrons. The highest BCUT2D eigenvalue weighted by atomic mass is 16.6. The second-order valence-electron chi connectivity index (χ2n) is 25.9. The topological polar surface area (TPSA) is 245 Å². The molecule has 7 rings (SSSR count). The minimum absolute atomic E-state index is 0.0148. The molecule has 0 aromatic carbocycles. The Labute approximate surface area is 516 Å². The van der Waals surface area contributed by atoms with Gasteiger partial charge < -0.3 is 68.2 Å². The van der Waals surface area contributed by atoms with E-state index < -0.39 is 78.1 Å². The van der Waals surface area contributed by atoms with Crippen LogP contribution in [0.1, 0.15) is 137 Å². The number of carbonyl (C=O) groups is 4. The second kappa shape index (κ2) is 32.7. The number of Topliss-reactive ketones (excluding diaryl/α,β-unsaturated/α-hetero) is 1. The van der Waals surface area contributed by atoms with Crippen LogP contribution in [0.4, 0.5) is 5.95 Å². The number of anilines is 1. The maximum Gasteiger partial charge on any atom is 0.329 e. The number of cyclic esters (lactones) is 1. The normalized spacial score (nSPS) is 36.5. The van der Waals surface area contributed by atoms with Crippen molar-refractivity contribution in [3.8, 4) is 0 Å². The number of hydrogen-bond acceptors (Lipinski definition) is 19. The lowest BCUT2D eigenvalue weighted by molar-refractivity contribution is -0.265. The fraction of sp³-hybridized carbons (Fsp3) is 0.742. The fourth-order valence-corrected chi connectivity index (χ4v) is 13.6. The van der Waals surface area contributed by atoms with Crippen molar-refractivity contribution >= 4 is 35.2 Å². The molecule has 0 unspecified atom stereocenters. The number of carbonyl (C=O) groups excluding carboxylic acids is 4. The van der Waals surface area contributed by atoms with E-state index in [4.69, 9.17) is 38.2 Å². The Bertz CT molecular complexity index is 2610. The minimum Gasteiger partial charge on any atom is -0.460 e. The van der Waals surface area contributed by atoms with Gasteiger partial charge in [0.2, 0.25) is 11.7 Å². The number of aromatic nitrogens is 2. The number of fused-ring (bicyclic) bond motifs is 4. The van der Waals surface area contributed by atoms with Gasteiger partial charge in [-0.05, 0) is 114 Å². The zero-order chi connectivity index (χ0) is 63.1. The first kappa shape index (κ1) is 69.5. The number of oxime groups is 1. The number of hydrogen-bond donors (Lipinski definition) is 3. The maximum absolute atomic E-state index is 14.8. The van der Waals surface area contributed by atoms with Gasteiger partial charge in [0.25, 0.3) is 17.6 Å². The van der Waals surface area contributed by atoms with Crippen molar-refractivity contribution in [2.24, 2.45) is 40.7 Å². The van der Waals surface area contributed by atoms with Crippen LogP contribution in [-0.4, -0.2) is 211 Å². The molecule has 21 heteroatoms. The van der Waals surface area contributed by atoms with Crippen LogP contribution >= 0.6 is 0 Å². The molecule has 5 aliphatic heterocycles. The third-order valence-electron chi connectivity index (χ3n) is 19.4. The second-order valence-corrected chi connectivity index (χ2v) is 25.9. The molecule has 1 aromatic rings. The largest absolute Gasteiger partial charge is 0.460 e. The summed E-state index contributed by atoms with van der Waals surface area (Å²) in [5.41, 5.74) is 3.72. The van der Waals surface area contributed by atoms with Crippen molar-refractivity contribution in [2.45, 2.75) is 199 Å². The molecule has 1 aliphatic carbocycles. The molecular formula is C66H103N7O14. The Balaban J connectivity index is 1.17. The molecule has 3 saturated heterocycles. The first-order valence-electron chi connectivity index (χ1n) is 32.0. The zero-order valence-electron chi connectivity index (χ0n) is 54.0. The Morgan fingerprint density at radius 3 is 2.30 bits per heavy atom. The number of methoxy groups -OCH3 is 4. The van der Waals surface area contributed by atoms with E-state index in [1.54, 1.807) is 33.2 Å². The van der Waals surface area contributed by atoms with E-state index in [1.165, 1.54) is 12.0 Å². The summed E-state index contributed by atoms with van der Waals surface area (Å²) < 4.78 is 36.8. The van der Waals surface area contributed by atoms with Gasteiger partial charge in [-0.15, -0.1) is 0 Å². The summed E-state index contributed by atoms with van der Waals surface area (Å²) in [5, 5.41) is 39.9. The predicted molar refractivity (Wildman–Crippen MR) is 330 cm³/mol. The first-order valence-corrected chi connectivity index (χ1v) is 32.0. The van der Waals surface area contributed by atoms with E-state index in [0.717, 1.165) is 55.4 Å². The molecule has 0 spiro atoms. The monoisotopic (exact) mass is 1220 g/mol. The van der Waals surface area contributed by atoms with Crippen molar-refractivity contribution in [1.29, 1.82) is 0 Å². The lowest BCUT2D eigenvalue weighted by Crippen LogP contribution is -2.61. The summed E-state index contributed by atoms with van der Waals surface area (Å²) in [6.45, 7) is 17.8. The number of aliphatic hydroxyl groups is 3. The number of ether oxygens (including phenoxy) is 6. The average molecular weight is 1220 g/mol. The van der Waals surface area contributed by atoms with Gasteiger partial charge in [0.1, 0.15) is 24.4 Å². The number of likely N-dealkylation sites (N-methyl/N-ethyl adjacent to an activating group) is 1. The van der Waals surface area contributed by atoms with Gasteiger partial charge in [0, 0.05) is 123 Å². The number of allylic oxidation sites excluding steroid dienone is 5. The van der Waals surface area contributed by atoms with E-state index in [0.29, 0.717) is 88.6 Å². The first-order chi connectivity index (χ1) is 41.6. The van der Waals surface area contributed by atoms with Gasteiger partial charge in [-0.3, -0.25) is 14.4 Å². The molecule has 3 N–H and O–H groups in total. The smallest absolute Gasteiger partial charge is 0.329 e. The Hall–Kier alpha value is -4.97. The van der Waals surface area contributed by atoms with Gasteiger partial charge in [-0.25, -0.2) is 14.8 Å². The van der Waals surface area contributed by atoms with Crippen LogP contribution < -0.4 is 4.90 Å². The standard InChI is InChI=1S/C66H103N7O14/c1-41-18-14-13-15-19-42(2)54(81-9)36-50-23-21-47(7)66(80,87-50)62(77)63(78)73-26-17-16-20-52(73)64(79)86-56(44(4)34-48-22-24-53(74)57(35-48)83-11)37-55(82-10)43(3)33-46(6)60(76)61(84-12)59(45(5)32-41)69-85-40-58(75)72-27-25-51-49(39-72)38-67-65(68-51)71-30-28-70(8)29-31-71/h13-15,18-19,33,38,41,43-45,47-48,50,52-57,60-61,74,76,80H,16-17,20-32,34-37,39-40H2,1-12H3/b15-13+,18-14+,42-19+,46-33+,69-59+/t41-,43-,44-,45-,47-,48+,50+,52+,53-,54+,55-,56+,57-,60-,61+,66-/m1/s1. The van der Waals surface area contributed by atoms with Crippen molar-refractivity contribution in [2.75, 3.05) is 86.3 Å². The zero-order valence-corrected chi connectivity index (χ0v) is 54.0. The van der Waals surface area contributed by atoms with Crippen molar-refractivity contribution < 1.29 is 67.8 Å². The molecule has 2 amide bonds. The van der Waals surface area contributed by atoms with Crippen molar-refractivity contribution in [3.05, 3.63) is 65.1 Å². The molecule has 1 aromatic heterocycles. The van der Waals surface area contributed by atoms with E-state index in [2.05, 4.69) is 40.0 Å². The molecule has 21 nitrogen and oxygen atoms in total. The average Bonchev–Trinajstić information content (AvgIpc) is 1.91. The van der Waals surface area contributed by atoms with Crippen LogP contribution in [0.3, 0.4) is 0 Å². The predicted octanol–water partition coefficient (Wildman–Crippen LogP) is 6.56. The third kappa shape index (κ3) is 18.1. The fourth-order valence-electron chi connectivity index (χ4n) is 13.6. The highest BCUT2D eigenvalue weighted by Crippen LogP contribution is 2.38. The summed E-state index contributed by atoms with van der Waals surface area (Å²) in [6.07, 6.45) is 14.8. The summed E-state index contributed by atoms with van der Waals surface area (Å²) in [5.74, 6) is -6.12. The Morgan fingerprint density at radius 1 is 0.839 bits per heavy atom. The number of rotatable bonds is 11. The molecule has 1 saturated carbocycles. The molecular weight excluding hydrogens is 1110 g/mol. The van der Waals surface area contributed by atoms with E-state index in [9.17, 15) is 34.5 Å². The number of piperidine rings is 1. The van der Waals surface area contributed by atoms with E-state index >= 15 is 0 Å². The number of ketones is 1. The number of nitrogens with zero attached hydrogens (tertiary/aromatic N) is 7. The van der Waals surface area contributed by atoms with Gasteiger partial charge in [0.05, 0.1) is 41.9 Å². The molecule has 2 bridgehead atoms. The maximum atomic E-state index is 14.8. The van der Waals surface area contributed by atoms with Gasteiger partial charge in [-0.2, -0.15) is 0 Å². The van der Waals surface area contributed by atoms with Crippen molar-refractivity contribution in [1.82, 2.24) is 24.7 Å². The highest BCUT2D eigenvalue weighted by Gasteiger charge is 2.53. The van der Waals surface area contributed by atoms with Crippen LogP contribution in [0, 0.1) is 35.5 Å². The van der Waals surface area contributed by atoms with Crippen LogP contribution in [0.2, 0.25) is 0 Å². The molecule has 4 fully saturated rings. The Morgan fingerprint density at radius 2 is 1.59 bits per heavy atom. The highest BCUT2D eigenvalue weighted by molar-refractivity contribution is 6.39. The quantitative estimate of drug-likeness (QED) is 0.0919. The molecule has 6 heterocycles. The SMILES string of the molecule is CO[C@H]1C[C@@H]2CC[C@@H](C)[C@@](O)(O2)C(=O)C(=O)N2CCCC[C@H]2C(=O)O[C@H]([C@H](C)C[C@@H]2CC[C@@H](O)[C@H](OC)C2)C[C@@H](OC)[C@H](C)/C=C(\C)[C@@H](O)[C@@H](OC)/C(=N/OCC(=O)N2CCc3nc(N4CCN(C)CC4)ncc3C2)[C@H](C)C[C@H](C)/C=C/C=C/C=C/1C. The molecule has 16 atom stereocenters. The van der Waals surface area contributed by atoms with Crippen LogP contribution in [0.15, 0.2) is 59.0 Å². The van der Waals surface area contributed by atoms with Gasteiger partial charge in [-0.1, -0.05) is 76.2 Å². The molecule has 486 valence electrons. The molecule has 6 aliphatic rings. The van der Waals surface area contributed by atoms with Crippen LogP contribution in [-0.2, 0) is 65.4 Å². The summed E-state index contributed by atoms with van der Waals surface area (Å²) >= 11 is 0. The van der Waals surface area contributed by atoms with E-state index in [1.807, 2.05) is 71.2 Å². The summed E-state index contributed by atoms with van der Waals surface area (Å²) in [4.78, 5) is 80.7. The number of esters is 1. The van der Waals surface area contributed by atoms with Crippen molar-refractivity contribution in [3.63, 3.8) is 0 Å². The number of piperazine rings is 1. The minimum atomic E-state index is -2.43. The lowest BCUT2D eigenvalue weighted by atomic mass is 9.78. The third-order valence-corrected chi connectivity index (χ3v) is 19.4. The van der Waals surface area contributed by atoms with E-state index in [-0.39, 0.29) is 67.6 Å². The Kier molecular flexibility index (Phi) is 26.1. The molecule has 87 heavy (non-hydrogen) atoms. The van der Waals surface area contributed by atoms with Gasteiger partial charge >= 0.3 is 5.97 Å². The number of amides is 2. The number of aliphatic hydroxyl groups excluding tert-OH is 2. The van der Waals surface area contributed by atoms with Crippen LogP contribution in [0.5, 0.6) is 0 Å². The van der Waals surface area contributed by atoms with Crippen LogP contribution in [0.25, 0.3) is 0 Å². The lowest BCUT2D eigenvalue weighted by Gasteiger charge is -2.43. The van der Waals surface area contributed by atoms with Gasteiger partial charge in [0.15, 0.2) is 6.61 Å². The summed E-state index contributed by atoms with van der Waals surface area (Å²) in [7, 11) is 8.42.